The molecule has 1 aromatic heterocycles. The lowest BCUT2D eigenvalue weighted by atomic mass is 10.1. The maximum atomic E-state index is 5.54. The maximum Gasteiger partial charge on any atom is 0.126 e. The number of benzene rings is 1. The number of methoxy groups -OCH3 is 1. The number of morpholine rings is 1. The Balaban J connectivity index is 1.85. The van der Waals surface area contributed by atoms with Gasteiger partial charge in [-0.1, -0.05) is 12.1 Å². The van der Waals surface area contributed by atoms with Crippen LogP contribution in [0, 0.1) is 0 Å². The number of aromatic nitrogens is 2. The monoisotopic (exact) mass is 273 g/mol. The van der Waals surface area contributed by atoms with Crippen molar-refractivity contribution in [1.29, 1.82) is 0 Å². The number of rotatable bonds is 3. The second-order valence-corrected chi connectivity index (χ2v) is 4.99. The molecule has 1 aromatic carbocycles. The van der Waals surface area contributed by atoms with E-state index in [4.69, 9.17) is 9.47 Å². The average Bonchev–Trinajstić information content (AvgIpc) is 2.97. The fourth-order valence-corrected chi connectivity index (χ4v) is 2.42. The first-order chi connectivity index (χ1) is 9.78. The van der Waals surface area contributed by atoms with Crippen molar-refractivity contribution in [3.8, 4) is 17.0 Å². The number of imidazole rings is 1. The summed E-state index contributed by atoms with van der Waals surface area (Å²) in [4.78, 5) is 10.2. The van der Waals surface area contributed by atoms with Crippen molar-refractivity contribution >= 4 is 0 Å². The fraction of sp³-hybridized carbons (Fsp3) is 0.400. The van der Waals surface area contributed by atoms with Gasteiger partial charge in [0.05, 0.1) is 38.3 Å². The zero-order valence-electron chi connectivity index (χ0n) is 11.8. The zero-order valence-corrected chi connectivity index (χ0v) is 11.8. The minimum atomic E-state index is 0.197. The topological polar surface area (TPSA) is 50.4 Å². The molecule has 5 heteroatoms. The van der Waals surface area contributed by atoms with E-state index >= 15 is 0 Å². The lowest BCUT2D eigenvalue weighted by Crippen LogP contribution is -2.37. The Morgan fingerprint density at radius 3 is 3.15 bits per heavy atom. The largest absolute Gasteiger partial charge is 0.497 e. The van der Waals surface area contributed by atoms with Crippen LogP contribution in [0.4, 0.5) is 0 Å². The predicted octanol–water partition coefficient (Wildman–Crippen LogP) is 2.09. The second-order valence-electron chi connectivity index (χ2n) is 4.99. The standard InChI is InChI=1S/C15H19N3O2/c1-18-6-7-20-10-14(18)15-16-9-13(17-15)11-4-3-5-12(8-11)19-2/h3-5,8-9,14H,6-7,10H2,1-2H3,(H,16,17)/t14-/m0/s1. The third-order valence-electron chi connectivity index (χ3n) is 3.69. The summed E-state index contributed by atoms with van der Waals surface area (Å²) in [6.07, 6.45) is 1.87. The highest BCUT2D eigenvalue weighted by Crippen LogP contribution is 2.25. The van der Waals surface area contributed by atoms with Crippen LogP contribution >= 0.6 is 0 Å². The van der Waals surface area contributed by atoms with E-state index in [0.717, 1.165) is 36.0 Å². The van der Waals surface area contributed by atoms with E-state index in [-0.39, 0.29) is 6.04 Å². The van der Waals surface area contributed by atoms with Gasteiger partial charge in [-0.15, -0.1) is 0 Å². The number of nitrogens with one attached hydrogen (secondary N) is 1. The second kappa shape index (κ2) is 5.64. The van der Waals surface area contributed by atoms with Gasteiger partial charge in [0.25, 0.3) is 0 Å². The van der Waals surface area contributed by atoms with Crippen molar-refractivity contribution in [3.05, 3.63) is 36.3 Å². The van der Waals surface area contributed by atoms with Crippen molar-refractivity contribution in [2.45, 2.75) is 6.04 Å². The van der Waals surface area contributed by atoms with Gasteiger partial charge in [-0.25, -0.2) is 4.98 Å². The first-order valence-corrected chi connectivity index (χ1v) is 6.75. The van der Waals surface area contributed by atoms with Crippen molar-refractivity contribution in [2.75, 3.05) is 33.9 Å². The average molecular weight is 273 g/mol. The molecule has 0 aliphatic carbocycles. The van der Waals surface area contributed by atoms with Gasteiger partial charge < -0.3 is 14.5 Å². The Morgan fingerprint density at radius 1 is 1.45 bits per heavy atom. The van der Waals surface area contributed by atoms with Gasteiger partial charge in [0.1, 0.15) is 11.6 Å². The van der Waals surface area contributed by atoms with Crippen LogP contribution in [0.15, 0.2) is 30.5 Å². The molecule has 20 heavy (non-hydrogen) atoms. The molecule has 1 aliphatic rings. The zero-order chi connectivity index (χ0) is 13.9. The van der Waals surface area contributed by atoms with Crippen LogP contribution < -0.4 is 4.74 Å². The molecule has 0 radical (unpaired) electrons. The number of aromatic amines is 1. The smallest absolute Gasteiger partial charge is 0.126 e. The van der Waals surface area contributed by atoms with Crippen LogP contribution in [-0.2, 0) is 4.74 Å². The summed E-state index contributed by atoms with van der Waals surface area (Å²) in [5.74, 6) is 1.79. The number of H-pyrrole nitrogens is 1. The molecule has 2 aromatic rings. The lowest BCUT2D eigenvalue weighted by molar-refractivity contribution is 0.00215. The van der Waals surface area contributed by atoms with Gasteiger partial charge in [0.15, 0.2) is 0 Å². The summed E-state index contributed by atoms with van der Waals surface area (Å²) in [6, 6.07) is 8.15. The predicted molar refractivity (Wildman–Crippen MR) is 76.8 cm³/mol. The molecule has 3 rings (SSSR count). The van der Waals surface area contributed by atoms with Crippen LogP contribution in [0.25, 0.3) is 11.3 Å². The first kappa shape index (κ1) is 13.1. The van der Waals surface area contributed by atoms with E-state index in [1.54, 1.807) is 7.11 Å². The molecule has 1 saturated heterocycles. The molecule has 106 valence electrons. The third kappa shape index (κ3) is 2.55. The number of nitrogens with zero attached hydrogens (tertiary/aromatic N) is 2. The van der Waals surface area contributed by atoms with E-state index in [2.05, 4.69) is 21.9 Å². The summed E-state index contributed by atoms with van der Waals surface area (Å²) >= 11 is 0. The van der Waals surface area contributed by atoms with Gasteiger partial charge >= 0.3 is 0 Å². The van der Waals surface area contributed by atoms with Crippen LogP contribution in [0.3, 0.4) is 0 Å². The lowest BCUT2D eigenvalue weighted by Gasteiger charge is -2.30. The first-order valence-electron chi connectivity index (χ1n) is 6.75. The Labute approximate surface area is 118 Å². The molecule has 0 bridgehead atoms. The minimum Gasteiger partial charge on any atom is -0.497 e. The number of hydrogen-bond acceptors (Lipinski definition) is 4. The van der Waals surface area contributed by atoms with E-state index in [0.29, 0.717) is 6.61 Å². The van der Waals surface area contributed by atoms with Gasteiger partial charge in [-0.2, -0.15) is 0 Å². The van der Waals surface area contributed by atoms with E-state index in [1.807, 2.05) is 30.5 Å². The Hall–Kier alpha value is -1.85. The van der Waals surface area contributed by atoms with Crippen molar-refractivity contribution in [2.24, 2.45) is 0 Å². The fourth-order valence-electron chi connectivity index (χ4n) is 2.42. The molecule has 5 nitrogen and oxygen atoms in total. The van der Waals surface area contributed by atoms with Crippen LogP contribution in [0.2, 0.25) is 0 Å². The molecule has 1 fully saturated rings. The maximum absolute atomic E-state index is 5.54. The summed E-state index contributed by atoms with van der Waals surface area (Å²) in [7, 11) is 3.77. The van der Waals surface area contributed by atoms with Gasteiger partial charge in [-0.3, -0.25) is 4.90 Å². The van der Waals surface area contributed by atoms with Gasteiger partial charge in [0.2, 0.25) is 0 Å². The van der Waals surface area contributed by atoms with E-state index < -0.39 is 0 Å². The number of hydrogen-bond donors (Lipinski definition) is 1. The van der Waals surface area contributed by atoms with Crippen molar-refractivity contribution < 1.29 is 9.47 Å². The molecule has 2 heterocycles. The number of likely N-dealkylation sites (N-methyl/N-ethyl adjacent to an activating group) is 1. The minimum absolute atomic E-state index is 0.197. The number of ether oxygens (including phenoxy) is 2. The highest BCUT2D eigenvalue weighted by Gasteiger charge is 2.23. The summed E-state index contributed by atoms with van der Waals surface area (Å²) in [5, 5.41) is 0. The summed E-state index contributed by atoms with van der Waals surface area (Å²) < 4.78 is 10.8. The molecule has 1 atom stereocenters. The normalized spacial score (nSPS) is 20.0. The summed E-state index contributed by atoms with van der Waals surface area (Å²) in [5.41, 5.74) is 2.07. The van der Waals surface area contributed by atoms with Crippen LogP contribution in [0.1, 0.15) is 11.9 Å². The van der Waals surface area contributed by atoms with Gasteiger partial charge in [-0.05, 0) is 19.2 Å². The van der Waals surface area contributed by atoms with Crippen LogP contribution in [-0.4, -0.2) is 48.8 Å². The molecule has 0 unspecified atom stereocenters. The van der Waals surface area contributed by atoms with Crippen molar-refractivity contribution in [1.82, 2.24) is 14.9 Å². The molecular formula is C15H19N3O2. The summed E-state index contributed by atoms with van der Waals surface area (Å²) in [6.45, 7) is 2.40. The Morgan fingerprint density at radius 2 is 2.35 bits per heavy atom. The molecular weight excluding hydrogens is 254 g/mol. The molecule has 0 spiro atoms. The molecule has 0 amide bonds. The Kier molecular flexibility index (Phi) is 3.71. The highest BCUT2D eigenvalue weighted by atomic mass is 16.5. The van der Waals surface area contributed by atoms with E-state index in [9.17, 15) is 0 Å². The molecule has 1 aliphatic heterocycles. The van der Waals surface area contributed by atoms with Crippen molar-refractivity contribution in [3.63, 3.8) is 0 Å². The van der Waals surface area contributed by atoms with E-state index in [1.165, 1.54) is 0 Å². The molecule has 1 N–H and O–H groups in total. The SMILES string of the molecule is COc1cccc(-c2cnc([C@@H]3COCCN3C)[nH]2)c1. The molecule has 0 saturated carbocycles. The third-order valence-corrected chi connectivity index (χ3v) is 3.69. The van der Waals surface area contributed by atoms with Crippen LogP contribution in [0.5, 0.6) is 5.75 Å². The quantitative estimate of drug-likeness (QED) is 0.930. The Bertz CT molecular complexity index is 582. The van der Waals surface area contributed by atoms with Gasteiger partial charge in [0, 0.05) is 12.1 Å². The highest BCUT2D eigenvalue weighted by molar-refractivity contribution is 5.60.